The number of benzene rings is 1. The number of nitrogens with zero attached hydrogens (tertiary/aromatic N) is 1. The summed E-state index contributed by atoms with van der Waals surface area (Å²) < 4.78 is 5.84. The minimum absolute atomic E-state index is 0.0774. The molecule has 0 bridgehead atoms. The number of carbonyl (C=O) groups excluding carboxylic acids is 1. The van der Waals surface area contributed by atoms with Crippen molar-refractivity contribution in [3.05, 3.63) is 57.4 Å². The van der Waals surface area contributed by atoms with Gasteiger partial charge in [-0.1, -0.05) is 29.8 Å². The zero-order valence-corrected chi connectivity index (χ0v) is 14.9. The van der Waals surface area contributed by atoms with Crippen molar-refractivity contribution in [1.82, 2.24) is 10.2 Å². The Morgan fingerprint density at radius 3 is 2.65 bits per heavy atom. The Bertz CT molecular complexity index is 683. The van der Waals surface area contributed by atoms with Gasteiger partial charge < -0.3 is 9.73 Å². The fourth-order valence-corrected chi connectivity index (χ4v) is 3.52. The second kappa shape index (κ2) is 7.51. The summed E-state index contributed by atoms with van der Waals surface area (Å²) in [5, 5.41) is 3.70. The number of likely N-dealkylation sites (tertiary alicyclic amines) is 1. The van der Waals surface area contributed by atoms with E-state index in [-0.39, 0.29) is 11.9 Å². The van der Waals surface area contributed by atoms with E-state index in [4.69, 9.17) is 16.0 Å². The molecule has 0 saturated carbocycles. The van der Waals surface area contributed by atoms with Crippen molar-refractivity contribution in [3.63, 3.8) is 0 Å². The molecule has 1 fully saturated rings. The van der Waals surface area contributed by atoms with Crippen molar-refractivity contribution < 1.29 is 9.21 Å². The van der Waals surface area contributed by atoms with Crippen LogP contribution in [-0.2, 0) is 0 Å². The highest BCUT2D eigenvalue weighted by molar-refractivity contribution is 9.10. The number of rotatable bonds is 5. The molecule has 6 heteroatoms. The zero-order chi connectivity index (χ0) is 16.2. The Hall–Kier alpha value is -1.30. The van der Waals surface area contributed by atoms with Crippen LogP contribution in [0.4, 0.5) is 0 Å². The van der Waals surface area contributed by atoms with E-state index in [1.807, 2.05) is 24.3 Å². The van der Waals surface area contributed by atoms with E-state index in [0.29, 0.717) is 17.0 Å². The number of hydrogen-bond acceptors (Lipinski definition) is 3. The summed E-state index contributed by atoms with van der Waals surface area (Å²) in [6.07, 6.45) is 2.36. The molecular weight excluding hydrogens is 380 g/mol. The number of hydrogen-bond donors (Lipinski definition) is 1. The lowest BCUT2D eigenvalue weighted by atomic mass is 10.1. The van der Waals surface area contributed by atoms with Gasteiger partial charge in [0.05, 0.1) is 6.04 Å². The summed E-state index contributed by atoms with van der Waals surface area (Å²) in [4.78, 5) is 14.6. The van der Waals surface area contributed by atoms with Crippen LogP contribution < -0.4 is 5.32 Å². The molecule has 1 atom stereocenters. The van der Waals surface area contributed by atoms with Gasteiger partial charge >= 0.3 is 0 Å². The van der Waals surface area contributed by atoms with Gasteiger partial charge in [-0.2, -0.15) is 0 Å². The van der Waals surface area contributed by atoms with E-state index >= 15 is 0 Å². The predicted octanol–water partition coefficient (Wildman–Crippen LogP) is 4.26. The number of halogens is 2. The molecule has 23 heavy (non-hydrogen) atoms. The Labute approximate surface area is 148 Å². The first-order valence-corrected chi connectivity index (χ1v) is 8.84. The molecule has 3 rings (SSSR count). The van der Waals surface area contributed by atoms with Gasteiger partial charge in [0.2, 0.25) is 0 Å². The number of furan rings is 1. The second-order valence-electron chi connectivity index (χ2n) is 5.59. The Kier molecular flexibility index (Phi) is 5.41. The molecule has 1 aliphatic heterocycles. The highest BCUT2D eigenvalue weighted by Gasteiger charge is 2.26. The fraction of sp³-hybridized carbons (Fsp3) is 0.353. The molecule has 0 radical (unpaired) electrons. The van der Waals surface area contributed by atoms with Crippen LogP contribution in [0.2, 0.25) is 5.02 Å². The third kappa shape index (κ3) is 3.97. The zero-order valence-electron chi connectivity index (χ0n) is 12.6. The molecule has 4 nitrogen and oxygen atoms in total. The Morgan fingerprint density at radius 1 is 1.26 bits per heavy atom. The third-order valence-electron chi connectivity index (χ3n) is 4.10. The minimum Gasteiger partial charge on any atom is -0.444 e. The maximum absolute atomic E-state index is 12.2. The molecule has 0 spiro atoms. The number of nitrogens with one attached hydrogen (secondary N) is 1. The maximum Gasteiger partial charge on any atom is 0.287 e. The first-order chi connectivity index (χ1) is 11.1. The van der Waals surface area contributed by atoms with E-state index in [0.717, 1.165) is 23.7 Å². The number of amides is 1. The summed E-state index contributed by atoms with van der Waals surface area (Å²) in [5.74, 6) is 0.0863. The molecule has 1 aliphatic rings. The van der Waals surface area contributed by atoms with Crippen LogP contribution in [0, 0.1) is 0 Å². The molecule has 1 amide bonds. The molecule has 122 valence electrons. The smallest absolute Gasteiger partial charge is 0.287 e. The SMILES string of the molecule is O=C(NC[C@H](c1ccccc1Cl)N1CCCC1)c1ccc(Br)o1. The lowest BCUT2D eigenvalue weighted by molar-refractivity contribution is 0.0909. The number of carbonyl (C=O) groups is 1. The van der Waals surface area contributed by atoms with E-state index in [1.54, 1.807) is 12.1 Å². The predicted molar refractivity (Wildman–Crippen MR) is 93.7 cm³/mol. The van der Waals surface area contributed by atoms with Crippen molar-refractivity contribution in [3.8, 4) is 0 Å². The van der Waals surface area contributed by atoms with Gasteiger partial charge in [-0.25, -0.2) is 0 Å². The molecule has 2 aromatic rings. The summed E-state index contributed by atoms with van der Waals surface area (Å²) in [5.41, 5.74) is 1.05. The fourth-order valence-electron chi connectivity index (χ4n) is 2.95. The molecule has 1 aromatic heterocycles. The third-order valence-corrected chi connectivity index (χ3v) is 4.87. The summed E-state index contributed by atoms with van der Waals surface area (Å²) in [6.45, 7) is 2.55. The molecule has 2 heterocycles. The topological polar surface area (TPSA) is 45.5 Å². The minimum atomic E-state index is -0.216. The first kappa shape index (κ1) is 16.6. The molecule has 1 N–H and O–H groups in total. The van der Waals surface area contributed by atoms with Crippen molar-refractivity contribution in [1.29, 1.82) is 0 Å². The van der Waals surface area contributed by atoms with Gasteiger partial charge in [-0.05, 0) is 65.6 Å². The van der Waals surface area contributed by atoms with Crippen LogP contribution in [0.25, 0.3) is 0 Å². The normalized spacial score (nSPS) is 16.4. The van der Waals surface area contributed by atoms with Crippen molar-refractivity contribution >= 4 is 33.4 Å². The largest absolute Gasteiger partial charge is 0.444 e. The van der Waals surface area contributed by atoms with Crippen LogP contribution in [0.5, 0.6) is 0 Å². The molecular formula is C17H18BrClN2O2. The Balaban J connectivity index is 1.74. The average molecular weight is 398 g/mol. The van der Waals surface area contributed by atoms with Gasteiger partial charge in [0.15, 0.2) is 10.4 Å². The summed E-state index contributed by atoms with van der Waals surface area (Å²) in [7, 11) is 0. The van der Waals surface area contributed by atoms with E-state index in [9.17, 15) is 4.79 Å². The van der Waals surface area contributed by atoms with Crippen molar-refractivity contribution in [2.45, 2.75) is 18.9 Å². The van der Waals surface area contributed by atoms with Crippen LogP contribution in [0.3, 0.4) is 0 Å². The van der Waals surface area contributed by atoms with E-state index in [1.165, 1.54) is 12.8 Å². The van der Waals surface area contributed by atoms with E-state index in [2.05, 4.69) is 26.1 Å². The standard InChI is InChI=1S/C17H18BrClN2O2/c18-16-8-7-15(23-16)17(22)20-11-14(21-9-3-4-10-21)12-5-1-2-6-13(12)19/h1-2,5-8,14H,3-4,9-11H2,(H,20,22)/t14-/m1/s1. The van der Waals surface area contributed by atoms with Crippen molar-refractivity contribution in [2.24, 2.45) is 0 Å². The highest BCUT2D eigenvalue weighted by atomic mass is 79.9. The van der Waals surface area contributed by atoms with Crippen molar-refractivity contribution in [2.75, 3.05) is 19.6 Å². The van der Waals surface area contributed by atoms with Gasteiger partial charge in [0.25, 0.3) is 5.91 Å². The average Bonchev–Trinajstić information content (AvgIpc) is 3.21. The van der Waals surface area contributed by atoms with Gasteiger partial charge in [-0.15, -0.1) is 0 Å². The molecule has 0 aliphatic carbocycles. The van der Waals surface area contributed by atoms with Crippen LogP contribution in [0.1, 0.15) is 35.0 Å². The second-order valence-corrected chi connectivity index (χ2v) is 6.78. The summed E-state index contributed by atoms with van der Waals surface area (Å²) >= 11 is 9.58. The first-order valence-electron chi connectivity index (χ1n) is 7.67. The lowest BCUT2D eigenvalue weighted by Gasteiger charge is -2.28. The van der Waals surface area contributed by atoms with Gasteiger partial charge in [0, 0.05) is 11.6 Å². The van der Waals surface area contributed by atoms with Gasteiger partial charge in [-0.3, -0.25) is 9.69 Å². The maximum atomic E-state index is 12.2. The molecule has 1 saturated heterocycles. The van der Waals surface area contributed by atoms with Gasteiger partial charge in [0.1, 0.15) is 0 Å². The lowest BCUT2D eigenvalue weighted by Crippen LogP contribution is -2.36. The monoisotopic (exact) mass is 396 g/mol. The quantitative estimate of drug-likeness (QED) is 0.820. The van der Waals surface area contributed by atoms with Crippen LogP contribution in [0.15, 0.2) is 45.5 Å². The highest BCUT2D eigenvalue weighted by Crippen LogP contribution is 2.29. The van der Waals surface area contributed by atoms with Crippen LogP contribution >= 0.6 is 27.5 Å². The van der Waals surface area contributed by atoms with Crippen LogP contribution in [-0.4, -0.2) is 30.4 Å². The summed E-state index contributed by atoms with van der Waals surface area (Å²) in [6, 6.07) is 11.3. The van der Waals surface area contributed by atoms with E-state index < -0.39 is 0 Å². The molecule has 0 unspecified atom stereocenters. The Morgan fingerprint density at radius 2 is 2.00 bits per heavy atom. The molecule has 1 aromatic carbocycles.